The molecule has 0 aliphatic carbocycles. The predicted molar refractivity (Wildman–Crippen MR) is 105 cm³/mol. The number of para-hydroxylation sites is 2. The van der Waals surface area contributed by atoms with Crippen LogP contribution in [0.1, 0.15) is 24.7 Å². The van der Waals surface area contributed by atoms with E-state index in [9.17, 15) is 18.0 Å². The summed E-state index contributed by atoms with van der Waals surface area (Å²) in [5.41, 5.74) is 1.34. The van der Waals surface area contributed by atoms with Crippen LogP contribution in [0.2, 0.25) is 0 Å². The zero-order valence-corrected chi connectivity index (χ0v) is 16.5. The van der Waals surface area contributed by atoms with Gasteiger partial charge >= 0.3 is 6.55 Å². The first-order valence-corrected chi connectivity index (χ1v) is 9.49. The molecule has 4 rings (SSSR count). The number of benzene rings is 2. The van der Waals surface area contributed by atoms with Crippen LogP contribution in [0.5, 0.6) is 0 Å². The molecule has 0 N–H and O–H groups in total. The Labute approximate surface area is 175 Å². The Balaban J connectivity index is 1.40. The summed E-state index contributed by atoms with van der Waals surface area (Å²) in [5, 5.41) is 3.83. The molecule has 2 aromatic heterocycles. The van der Waals surface area contributed by atoms with Gasteiger partial charge in [-0.2, -0.15) is 13.8 Å². The molecule has 0 fully saturated rings. The fourth-order valence-electron chi connectivity index (χ4n) is 3.20. The van der Waals surface area contributed by atoms with Crippen molar-refractivity contribution in [3.8, 4) is 11.4 Å². The van der Waals surface area contributed by atoms with Gasteiger partial charge in [0.25, 0.3) is 0 Å². The Morgan fingerprint density at radius 2 is 1.87 bits per heavy atom. The van der Waals surface area contributed by atoms with E-state index < -0.39 is 6.55 Å². The molecule has 7 nitrogen and oxygen atoms in total. The highest BCUT2D eigenvalue weighted by atomic mass is 19.3. The van der Waals surface area contributed by atoms with Gasteiger partial charge in [-0.15, -0.1) is 0 Å². The van der Waals surface area contributed by atoms with Crippen molar-refractivity contribution >= 4 is 16.9 Å². The van der Waals surface area contributed by atoms with Crippen LogP contribution in [0, 0.1) is 5.82 Å². The molecule has 0 radical (unpaired) electrons. The first kappa shape index (κ1) is 20.6. The molecule has 0 unspecified atom stereocenters. The quantitative estimate of drug-likeness (QED) is 0.440. The molecule has 1 amide bonds. The summed E-state index contributed by atoms with van der Waals surface area (Å²) in [5.74, 6) is -0.0123. The molecule has 0 aliphatic rings. The topological polar surface area (TPSA) is 77.1 Å². The van der Waals surface area contributed by atoms with Crippen LogP contribution in [0.25, 0.3) is 22.4 Å². The number of nitrogens with zero attached hydrogens (tertiary/aromatic N) is 5. The third-order valence-electron chi connectivity index (χ3n) is 4.79. The molecule has 0 spiro atoms. The van der Waals surface area contributed by atoms with Crippen molar-refractivity contribution in [2.24, 2.45) is 0 Å². The van der Waals surface area contributed by atoms with Crippen LogP contribution < -0.4 is 0 Å². The second-order valence-electron chi connectivity index (χ2n) is 6.93. The van der Waals surface area contributed by atoms with Crippen LogP contribution in [-0.2, 0) is 17.8 Å². The highest BCUT2D eigenvalue weighted by molar-refractivity contribution is 5.77. The Hall–Kier alpha value is -3.69. The normalized spacial score (nSPS) is 11.4. The fraction of sp³-hybridized carbons (Fsp3) is 0.238. The van der Waals surface area contributed by atoms with Crippen molar-refractivity contribution in [2.45, 2.75) is 25.9 Å². The van der Waals surface area contributed by atoms with E-state index in [0.29, 0.717) is 22.4 Å². The first-order valence-electron chi connectivity index (χ1n) is 9.49. The van der Waals surface area contributed by atoms with Crippen LogP contribution >= 0.6 is 0 Å². The van der Waals surface area contributed by atoms with Crippen molar-refractivity contribution in [2.75, 3.05) is 7.05 Å². The molecule has 0 bridgehead atoms. The van der Waals surface area contributed by atoms with Gasteiger partial charge in [-0.1, -0.05) is 17.3 Å². The monoisotopic (exact) mass is 429 g/mol. The van der Waals surface area contributed by atoms with E-state index in [2.05, 4.69) is 15.1 Å². The Morgan fingerprint density at radius 1 is 1.13 bits per heavy atom. The number of amides is 1. The van der Waals surface area contributed by atoms with Crippen molar-refractivity contribution in [3.63, 3.8) is 0 Å². The summed E-state index contributed by atoms with van der Waals surface area (Å²) in [6, 6.07) is 12.2. The van der Waals surface area contributed by atoms with Gasteiger partial charge < -0.3 is 9.42 Å². The van der Waals surface area contributed by atoms with Gasteiger partial charge in [0.15, 0.2) is 0 Å². The molecule has 160 valence electrons. The lowest BCUT2D eigenvalue weighted by molar-refractivity contribution is -0.130. The summed E-state index contributed by atoms with van der Waals surface area (Å²) in [7, 11) is 1.52. The van der Waals surface area contributed by atoms with Crippen molar-refractivity contribution in [1.29, 1.82) is 0 Å². The molecule has 0 atom stereocenters. The highest BCUT2D eigenvalue weighted by Gasteiger charge is 2.21. The maximum absolute atomic E-state index is 13.5. The molecule has 10 heteroatoms. The highest BCUT2D eigenvalue weighted by Crippen LogP contribution is 2.24. The number of fused-ring (bicyclic) bond motifs is 1. The number of carbonyl (C=O) groups is 1. The average Bonchev–Trinajstić information content (AvgIpc) is 3.36. The van der Waals surface area contributed by atoms with E-state index in [-0.39, 0.29) is 42.8 Å². The lowest BCUT2D eigenvalue weighted by Crippen LogP contribution is -2.28. The van der Waals surface area contributed by atoms with Crippen molar-refractivity contribution in [3.05, 3.63) is 66.1 Å². The molecule has 0 saturated carbocycles. The van der Waals surface area contributed by atoms with E-state index in [1.807, 2.05) is 0 Å². The van der Waals surface area contributed by atoms with Gasteiger partial charge in [-0.05, 0) is 36.4 Å². The average molecular weight is 429 g/mol. The van der Waals surface area contributed by atoms with Gasteiger partial charge in [0.2, 0.25) is 17.6 Å². The summed E-state index contributed by atoms with van der Waals surface area (Å²) >= 11 is 0. The molecule has 31 heavy (non-hydrogen) atoms. The zero-order chi connectivity index (χ0) is 22.0. The third-order valence-corrected chi connectivity index (χ3v) is 4.79. The van der Waals surface area contributed by atoms with E-state index in [0.717, 1.165) is 4.57 Å². The zero-order valence-electron chi connectivity index (χ0n) is 16.5. The standard InChI is InChI=1S/C21H18F3N5O2/c1-28(12-17-25-15-4-2-3-5-16(15)29(17)21(23)24)19(30)11-10-18-26-20(27-31-18)13-6-8-14(22)9-7-13/h2-9,21H,10-12H2,1H3. The summed E-state index contributed by atoms with van der Waals surface area (Å²) in [4.78, 5) is 22.3. The Bertz CT molecular complexity index is 1200. The van der Waals surface area contributed by atoms with Gasteiger partial charge in [0, 0.05) is 25.5 Å². The van der Waals surface area contributed by atoms with Crippen LogP contribution in [0.4, 0.5) is 13.2 Å². The summed E-state index contributed by atoms with van der Waals surface area (Å²) < 4.78 is 46.1. The van der Waals surface area contributed by atoms with Crippen molar-refractivity contribution < 1.29 is 22.5 Å². The number of imidazole rings is 1. The lowest BCUT2D eigenvalue weighted by atomic mass is 10.2. The first-order chi connectivity index (χ1) is 14.9. The summed E-state index contributed by atoms with van der Waals surface area (Å²) in [6.45, 7) is -2.84. The maximum atomic E-state index is 13.5. The molecule has 0 aliphatic heterocycles. The van der Waals surface area contributed by atoms with E-state index >= 15 is 0 Å². The molecule has 0 saturated heterocycles. The number of aryl methyl sites for hydroxylation is 1. The van der Waals surface area contributed by atoms with Gasteiger partial charge in [-0.25, -0.2) is 9.37 Å². The largest absolute Gasteiger partial charge is 0.339 e. The number of alkyl halides is 2. The number of hydrogen-bond donors (Lipinski definition) is 0. The Morgan fingerprint density at radius 3 is 2.61 bits per heavy atom. The minimum atomic E-state index is -2.77. The Kier molecular flexibility index (Phi) is 5.70. The second-order valence-corrected chi connectivity index (χ2v) is 6.93. The van der Waals surface area contributed by atoms with E-state index in [4.69, 9.17) is 4.52 Å². The smallest absolute Gasteiger partial charge is 0.320 e. The second kappa shape index (κ2) is 8.58. The van der Waals surface area contributed by atoms with Gasteiger partial charge in [0.1, 0.15) is 11.6 Å². The van der Waals surface area contributed by atoms with E-state index in [1.165, 1.54) is 36.2 Å². The SMILES string of the molecule is CN(Cc1nc2ccccc2n1C(F)F)C(=O)CCc1nc(-c2ccc(F)cc2)no1. The number of carbonyl (C=O) groups excluding carboxylic acids is 1. The molecule has 4 aromatic rings. The molecule has 2 heterocycles. The molecular formula is C21H18F3N5O2. The molecule has 2 aromatic carbocycles. The minimum absolute atomic E-state index is 0.0520. The van der Waals surface area contributed by atoms with Gasteiger partial charge in [-0.3, -0.25) is 9.36 Å². The van der Waals surface area contributed by atoms with E-state index in [1.54, 1.807) is 24.3 Å². The number of halogens is 3. The van der Waals surface area contributed by atoms with Crippen LogP contribution in [-0.4, -0.2) is 37.5 Å². The van der Waals surface area contributed by atoms with Gasteiger partial charge in [0.05, 0.1) is 17.6 Å². The van der Waals surface area contributed by atoms with Crippen LogP contribution in [0.3, 0.4) is 0 Å². The number of aromatic nitrogens is 4. The molecular weight excluding hydrogens is 411 g/mol. The van der Waals surface area contributed by atoms with Crippen LogP contribution in [0.15, 0.2) is 53.1 Å². The summed E-state index contributed by atoms with van der Waals surface area (Å²) in [6.07, 6.45) is 0.235. The maximum Gasteiger partial charge on any atom is 0.320 e. The fourth-order valence-corrected chi connectivity index (χ4v) is 3.20. The number of rotatable bonds is 7. The lowest BCUT2D eigenvalue weighted by Gasteiger charge is -2.17. The predicted octanol–water partition coefficient (Wildman–Crippen LogP) is 4.21. The van der Waals surface area contributed by atoms with Crippen molar-refractivity contribution in [1.82, 2.24) is 24.6 Å². The third kappa shape index (κ3) is 4.42. The minimum Gasteiger partial charge on any atom is -0.339 e. The number of hydrogen-bond acceptors (Lipinski definition) is 5.